The molecule has 1 aliphatic heterocycles. The van der Waals surface area contributed by atoms with Crippen molar-refractivity contribution in [2.45, 2.75) is 25.9 Å². The number of esters is 1. The van der Waals surface area contributed by atoms with E-state index in [-0.39, 0.29) is 11.5 Å². The molecule has 0 spiro atoms. The van der Waals surface area contributed by atoms with Gasteiger partial charge in [0.25, 0.3) is 5.91 Å². The summed E-state index contributed by atoms with van der Waals surface area (Å²) in [7, 11) is 1.55. The molecule has 0 saturated carbocycles. The number of amides is 2. The van der Waals surface area contributed by atoms with E-state index >= 15 is 0 Å². The summed E-state index contributed by atoms with van der Waals surface area (Å²) in [5.74, 6) is -0.512. The van der Waals surface area contributed by atoms with Gasteiger partial charge in [0, 0.05) is 18.7 Å². The van der Waals surface area contributed by atoms with Crippen LogP contribution in [0.4, 0.5) is 11.4 Å². The van der Waals surface area contributed by atoms with Crippen molar-refractivity contribution in [3.05, 3.63) is 53.1 Å². The van der Waals surface area contributed by atoms with Crippen LogP contribution in [0, 0.1) is 0 Å². The summed E-state index contributed by atoms with van der Waals surface area (Å²) >= 11 is 6.20. The third kappa shape index (κ3) is 4.86. The highest BCUT2D eigenvalue weighted by atomic mass is 35.5. The lowest BCUT2D eigenvalue weighted by molar-refractivity contribution is -0.123. The van der Waals surface area contributed by atoms with Gasteiger partial charge in [-0.05, 0) is 55.8 Å². The first-order valence-electron chi connectivity index (χ1n) is 9.15. The minimum absolute atomic E-state index is 0.0374. The molecule has 0 bridgehead atoms. The van der Waals surface area contributed by atoms with Crippen LogP contribution in [-0.2, 0) is 14.3 Å². The lowest BCUT2D eigenvalue weighted by Crippen LogP contribution is -2.30. The molecule has 7 nitrogen and oxygen atoms in total. The number of methoxy groups -OCH3 is 1. The molecular formula is C21H21ClN2O5. The van der Waals surface area contributed by atoms with Crippen molar-refractivity contribution >= 4 is 40.8 Å². The number of nitrogens with one attached hydrogen (secondary N) is 1. The molecule has 8 heteroatoms. The predicted octanol–water partition coefficient (Wildman–Crippen LogP) is 3.66. The van der Waals surface area contributed by atoms with Crippen LogP contribution in [0.2, 0.25) is 5.02 Å². The molecule has 29 heavy (non-hydrogen) atoms. The molecule has 2 aromatic carbocycles. The molecule has 1 N–H and O–H groups in total. The zero-order valence-corrected chi connectivity index (χ0v) is 16.9. The van der Waals surface area contributed by atoms with Crippen molar-refractivity contribution in [3.63, 3.8) is 0 Å². The maximum atomic E-state index is 12.5. The molecule has 152 valence electrons. The summed E-state index contributed by atoms with van der Waals surface area (Å²) in [5, 5.41) is 3.05. The Bertz CT molecular complexity index is 929. The van der Waals surface area contributed by atoms with Crippen LogP contribution in [0.5, 0.6) is 5.75 Å². The first-order valence-corrected chi connectivity index (χ1v) is 9.52. The molecule has 1 fully saturated rings. The molecule has 3 rings (SSSR count). The fraction of sp³-hybridized carbons (Fsp3) is 0.286. The molecule has 0 unspecified atom stereocenters. The van der Waals surface area contributed by atoms with Crippen LogP contribution in [0.1, 0.15) is 30.1 Å². The van der Waals surface area contributed by atoms with Gasteiger partial charge < -0.3 is 19.7 Å². The zero-order chi connectivity index (χ0) is 21.0. The van der Waals surface area contributed by atoms with E-state index in [1.807, 2.05) is 0 Å². The average molecular weight is 417 g/mol. The molecule has 1 aliphatic rings. The Labute approximate surface area is 173 Å². The van der Waals surface area contributed by atoms with Crippen LogP contribution in [-0.4, -0.2) is 37.5 Å². The number of rotatable bonds is 6. The Morgan fingerprint density at radius 1 is 1.17 bits per heavy atom. The van der Waals surface area contributed by atoms with E-state index in [2.05, 4.69) is 5.32 Å². The van der Waals surface area contributed by atoms with Gasteiger partial charge in [-0.25, -0.2) is 4.79 Å². The van der Waals surface area contributed by atoms with E-state index in [0.717, 1.165) is 6.42 Å². The number of hydrogen-bond acceptors (Lipinski definition) is 5. The van der Waals surface area contributed by atoms with Crippen molar-refractivity contribution in [3.8, 4) is 5.75 Å². The van der Waals surface area contributed by atoms with Crippen LogP contribution in [0.15, 0.2) is 42.5 Å². The SMILES string of the molecule is COc1ccc(NC(=O)[C@H](C)OC(=O)c2ccc(Cl)c(N3CCCC3=O)c2)cc1. The van der Waals surface area contributed by atoms with Crippen molar-refractivity contribution in [2.75, 3.05) is 23.9 Å². The summed E-state index contributed by atoms with van der Waals surface area (Å²) in [4.78, 5) is 38.3. The molecular weight excluding hydrogens is 396 g/mol. The van der Waals surface area contributed by atoms with E-state index in [1.165, 1.54) is 19.1 Å². The van der Waals surface area contributed by atoms with E-state index in [4.69, 9.17) is 21.1 Å². The molecule has 2 aromatic rings. The number of hydrogen-bond donors (Lipinski definition) is 1. The molecule has 0 aromatic heterocycles. The topological polar surface area (TPSA) is 84.9 Å². The lowest BCUT2D eigenvalue weighted by Gasteiger charge is -2.19. The van der Waals surface area contributed by atoms with E-state index in [0.29, 0.717) is 35.1 Å². The number of benzene rings is 2. The van der Waals surface area contributed by atoms with Crippen LogP contribution in [0.3, 0.4) is 0 Å². The standard InChI is InChI=1S/C21H21ClN2O5/c1-13(20(26)23-15-6-8-16(28-2)9-7-15)29-21(27)14-5-10-17(22)18(12-14)24-11-3-4-19(24)25/h5-10,12-13H,3-4,11H2,1-2H3,(H,23,26)/t13-/m0/s1. The highest BCUT2D eigenvalue weighted by molar-refractivity contribution is 6.34. The normalized spacial score (nSPS) is 14.4. The molecule has 1 heterocycles. The Balaban J connectivity index is 1.65. The third-order valence-corrected chi connectivity index (χ3v) is 4.88. The maximum absolute atomic E-state index is 12.5. The quantitative estimate of drug-likeness (QED) is 0.726. The summed E-state index contributed by atoms with van der Waals surface area (Å²) in [6.45, 7) is 2.04. The van der Waals surface area contributed by atoms with Crippen LogP contribution < -0.4 is 15.0 Å². The van der Waals surface area contributed by atoms with Gasteiger partial charge in [-0.15, -0.1) is 0 Å². The van der Waals surface area contributed by atoms with Crippen LogP contribution >= 0.6 is 11.6 Å². The van der Waals surface area contributed by atoms with Gasteiger partial charge >= 0.3 is 5.97 Å². The first-order chi connectivity index (χ1) is 13.9. The Morgan fingerprint density at radius 3 is 2.52 bits per heavy atom. The molecule has 1 saturated heterocycles. The van der Waals surface area contributed by atoms with E-state index in [9.17, 15) is 14.4 Å². The monoisotopic (exact) mass is 416 g/mol. The fourth-order valence-electron chi connectivity index (χ4n) is 2.95. The van der Waals surface area contributed by atoms with Gasteiger partial charge in [-0.3, -0.25) is 9.59 Å². The molecule has 0 radical (unpaired) electrons. The minimum Gasteiger partial charge on any atom is -0.497 e. The third-order valence-electron chi connectivity index (χ3n) is 4.56. The number of halogens is 1. The van der Waals surface area contributed by atoms with Gasteiger partial charge in [-0.1, -0.05) is 11.6 Å². The lowest BCUT2D eigenvalue weighted by atomic mass is 10.2. The Kier molecular flexibility index (Phi) is 6.39. The first kappa shape index (κ1) is 20.7. The summed E-state index contributed by atoms with van der Waals surface area (Å²) in [6.07, 6.45) is 0.178. The number of carbonyl (C=O) groups is 3. The highest BCUT2D eigenvalue weighted by Crippen LogP contribution is 2.30. The Hall–Kier alpha value is -3.06. The van der Waals surface area contributed by atoms with Crippen molar-refractivity contribution in [1.29, 1.82) is 0 Å². The molecule has 2 amide bonds. The summed E-state index contributed by atoms with van der Waals surface area (Å²) in [6, 6.07) is 11.3. The van der Waals surface area contributed by atoms with Gasteiger partial charge in [-0.2, -0.15) is 0 Å². The number of ether oxygens (including phenoxy) is 2. The minimum atomic E-state index is -1.02. The second-order valence-electron chi connectivity index (χ2n) is 6.58. The second-order valence-corrected chi connectivity index (χ2v) is 6.99. The second kappa shape index (κ2) is 8.96. The number of carbonyl (C=O) groups excluding carboxylic acids is 3. The van der Waals surface area contributed by atoms with E-state index in [1.54, 1.807) is 42.3 Å². The Morgan fingerprint density at radius 2 is 1.90 bits per heavy atom. The molecule has 0 aliphatic carbocycles. The van der Waals surface area contributed by atoms with Gasteiger partial charge in [0.05, 0.1) is 23.4 Å². The van der Waals surface area contributed by atoms with Crippen molar-refractivity contribution in [1.82, 2.24) is 0 Å². The number of nitrogens with zero attached hydrogens (tertiary/aromatic N) is 1. The van der Waals surface area contributed by atoms with Crippen molar-refractivity contribution in [2.24, 2.45) is 0 Å². The largest absolute Gasteiger partial charge is 0.497 e. The highest BCUT2D eigenvalue weighted by Gasteiger charge is 2.25. The smallest absolute Gasteiger partial charge is 0.338 e. The van der Waals surface area contributed by atoms with E-state index < -0.39 is 18.0 Å². The summed E-state index contributed by atoms with van der Waals surface area (Å²) in [5.41, 5.74) is 1.24. The van der Waals surface area contributed by atoms with Crippen LogP contribution in [0.25, 0.3) is 0 Å². The van der Waals surface area contributed by atoms with Gasteiger partial charge in [0.2, 0.25) is 5.91 Å². The zero-order valence-electron chi connectivity index (χ0n) is 16.1. The average Bonchev–Trinajstić information content (AvgIpc) is 3.14. The van der Waals surface area contributed by atoms with Crippen molar-refractivity contribution < 1.29 is 23.9 Å². The fourth-order valence-corrected chi connectivity index (χ4v) is 3.17. The summed E-state index contributed by atoms with van der Waals surface area (Å²) < 4.78 is 10.3. The van der Waals surface area contributed by atoms with Gasteiger partial charge in [0.1, 0.15) is 5.75 Å². The molecule has 1 atom stereocenters. The predicted molar refractivity (Wildman–Crippen MR) is 110 cm³/mol. The maximum Gasteiger partial charge on any atom is 0.338 e. The number of anilines is 2. The van der Waals surface area contributed by atoms with Gasteiger partial charge in [0.15, 0.2) is 6.10 Å².